The van der Waals surface area contributed by atoms with Crippen LogP contribution in [0.15, 0.2) is 94.5 Å². The predicted molar refractivity (Wildman–Crippen MR) is 137 cm³/mol. The SMILES string of the molecule is CCN(C(=O)COc1ccccc1-c1ccccc1)c1c(N)n(Cc2ccccc2)c(=O)[nH]c1=O. The van der Waals surface area contributed by atoms with E-state index in [1.165, 1.54) is 9.47 Å². The molecule has 178 valence electrons. The van der Waals surface area contributed by atoms with Gasteiger partial charge in [-0.15, -0.1) is 0 Å². The number of ether oxygens (including phenoxy) is 1. The van der Waals surface area contributed by atoms with E-state index in [1.54, 1.807) is 13.0 Å². The summed E-state index contributed by atoms with van der Waals surface area (Å²) < 4.78 is 7.12. The first-order valence-corrected chi connectivity index (χ1v) is 11.2. The summed E-state index contributed by atoms with van der Waals surface area (Å²) in [5.74, 6) is -0.000930. The number of anilines is 2. The number of rotatable bonds is 8. The summed E-state index contributed by atoms with van der Waals surface area (Å²) in [7, 11) is 0. The Hall–Kier alpha value is -4.59. The predicted octanol–water partition coefficient (Wildman–Crippen LogP) is 3.27. The number of carbonyl (C=O) groups is 1. The fraction of sp³-hybridized carbons (Fsp3) is 0.148. The van der Waals surface area contributed by atoms with Gasteiger partial charge < -0.3 is 15.4 Å². The summed E-state index contributed by atoms with van der Waals surface area (Å²) in [5, 5.41) is 0. The average Bonchev–Trinajstić information content (AvgIpc) is 2.89. The lowest BCUT2D eigenvalue weighted by atomic mass is 10.1. The van der Waals surface area contributed by atoms with Crippen LogP contribution in [-0.2, 0) is 11.3 Å². The summed E-state index contributed by atoms with van der Waals surface area (Å²) in [5.41, 5.74) is 7.45. The van der Waals surface area contributed by atoms with E-state index in [0.29, 0.717) is 5.75 Å². The number of aromatic amines is 1. The number of para-hydroxylation sites is 1. The fourth-order valence-corrected chi connectivity index (χ4v) is 3.89. The van der Waals surface area contributed by atoms with Crippen molar-refractivity contribution in [1.82, 2.24) is 9.55 Å². The van der Waals surface area contributed by atoms with Crippen molar-refractivity contribution in [1.29, 1.82) is 0 Å². The molecule has 0 radical (unpaired) electrons. The summed E-state index contributed by atoms with van der Waals surface area (Å²) >= 11 is 0. The largest absolute Gasteiger partial charge is 0.483 e. The van der Waals surface area contributed by atoms with Gasteiger partial charge in [0.1, 0.15) is 11.6 Å². The Morgan fingerprint density at radius 1 is 0.943 bits per heavy atom. The third-order valence-corrected chi connectivity index (χ3v) is 5.61. The molecule has 0 spiro atoms. The van der Waals surface area contributed by atoms with E-state index in [-0.39, 0.29) is 31.2 Å². The van der Waals surface area contributed by atoms with Gasteiger partial charge >= 0.3 is 5.69 Å². The number of benzene rings is 3. The highest BCUT2D eigenvalue weighted by Gasteiger charge is 2.24. The van der Waals surface area contributed by atoms with Gasteiger partial charge in [-0.2, -0.15) is 0 Å². The number of amides is 1. The van der Waals surface area contributed by atoms with Crippen LogP contribution >= 0.6 is 0 Å². The standard InChI is InChI=1S/C27H26N4O4/c1-2-30(23(32)18-35-22-16-10-9-15-21(22)20-13-7-4-8-14-20)24-25(28)31(27(34)29-26(24)33)17-19-11-5-3-6-12-19/h3-16H,2,17-18,28H2,1H3,(H,29,33,34). The number of nitrogen functional groups attached to an aromatic ring is 1. The van der Waals surface area contributed by atoms with E-state index in [4.69, 9.17) is 10.5 Å². The summed E-state index contributed by atoms with van der Waals surface area (Å²) in [4.78, 5) is 41.9. The highest BCUT2D eigenvalue weighted by Crippen LogP contribution is 2.29. The lowest BCUT2D eigenvalue weighted by Gasteiger charge is -2.23. The zero-order chi connectivity index (χ0) is 24.8. The Balaban J connectivity index is 1.60. The molecule has 8 nitrogen and oxygen atoms in total. The molecule has 0 fully saturated rings. The Kier molecular flexibility index (Phi) is 7.11. The molecule has 3 N–H and O–H groups in total. The maximum Gasteiger partial charge on any atom is 0.330 e. The molecule has 1 aromatic heterocycles. The van der Waals surface area contributed by atoms with Crippen molar-refractivity contribution < 1.29 is 9.53 Å². The van der Waals surface area contributed by atoms with E-state index >= 15 is 0 Å². The monoisotopic (exact) mass is 470 g/mol. The van der Waals surface area contributed by atoms with Crippen LogP contribution in [0.5, 0.6) is 5.75 Å². The van der Waals surface area contributed by atoms with Crippen molar-refractivity contribution in [3.05, 3.63) is 111 Å². The minimum absolute atomic E-state index is 0.0759. The van der Waals surface area contributed by atoms with Crippen LogP contribution in [0.1, 0.15) is 12.5 Å². The second-order valence-electron chi connectivity index (χ2n) is 7.85. The first kappa shape index (κ1) is 23.6. The minimum Gasteiger partial charge on any atom is -0.483 e. The number of nitrogens with one attached hydrogen (secondary N) is 1. The van der Waals surface area contributed by atoms with E-state index in [1.807, 2.05) is 78.9 Å². The minimum atomic E-state index is -0.725. The van der Waals surface area contributed by atoms with Crippen LogP contribution in [0.3, 0.4) is 0 Å². The van der Waals surface area contributed by atoms with Gasteiger partial charge in [0, 0.05) is 12.1 Å². The molecule has 0 saturated carbocycles. The molecule has 3 aromatic carbocycles. The van der Waals surface area contributed by atoms with Crippen LogP contribution in [-0.4, -0.2) is 28.6 Å². The second kappa shape index (κ2) is 10.6. The van der Waals surface area contributed by atoms with E-state index in [2.05, 4.69) is 4.98 Å². The molecule has 1 heterocycles. The molecular formula is C27H26N4O4. The van der Waals surface area contributed by atoms with Gasteiger partial charge in [-0.05, 0) is 24.1 Å². The third kappa shape index (κ3) is 5.16. The zero-order valence-corrected chi connectivity index (χ0v) is 19.3. The van der Waals surface area contributed by atoms with E-state index < -0.39 is 17.2 Å². The molecule has 0 saturated heterocycles. The molecule has 4 aromatic rings. The number of likely N-dealkylation sites (N-methyl/N-ethyl adjacent to an activating group) is 1. The maximum absolute atomic E-state index is 13.2. The second-order valence-corrected chi connectivity index (χ2v) is 7.85. The zero-order valence-electron chi connectivity index (χ0n) is 19.3. The number of hydrogen-bond acceptors (Lipinski definition) is 5. The molecule has 8 heteroatoms. The smallest absolute Gasteiger partial charge is 0.330 e. The number of hydrogen-bond donors (Lipinski definition) is 2. The van der Waals surface area contributed by atoms with Crippen molar-refractivity contribution in [2.24, 2.45) is 0 Å². The number of aromatic nitrogens is 2. The van der Waals surface area contributed by atoms with Gasteiger partial charge in [-0.1, -0.05) is 78.9 Å². The number of nitrogens with two attached hydrogens (primary N) is 1. The third-order valence-electron chi connectivity index (χ3n) is 5.61. The van der Waals surface area contributed by atoms with E-state index in [9.17, 15) is 14.4 Å². The number of carbonyl (C=O) groups excluding carboxylic acids is 1. The van der Waals surface area contributed by atoms with Crippen molar-refractivity contribution in [2.75, 3.05) is 23.8 Å². The van der Waals surface area contributed by atoms with Gasteiger partial charge in [0.15, 0.2) is 12.3 Å². The summed E-state index contributed by atoms with van der Waals surface area (Å²) in [6.45, 7) is 1.73. The van der Waals surface area contributed by atoms with Crippen molar-refractivity contribution in [3.8, 4) is 16.9 Å². The highest BCUT2D eigenvalue weighted by atomic mass is 16.5. The van der Waals surface area contributed by atoms with Gasteiger partial charge in [0.05, 0.1) is 6.54 Å². The van der Waals surface area contributed by atoms with Crippen molar-refractivity contribution in [2.45, 2.75) is 13.5 Å². The number of H-pyrrole nitrogens is 1. The van der Waals surface area contributed by atoms with Gasteiger partial charge in [-0.25, -0.2) is 4.79 Å². The fourth-order valence-electron chi connectivity index (χ4n) is 3.89. The van der Waals surface area contributed by atoms with Gasteiger partial charge in [0.25, 0.3) is 11.5 Å². The van der Waals surface area contributed by atoms with Crippen molar-refractivity contribution >= 4 is 17.4 Å². The molecule has 1 amide bonds. The van der Waals surface area contributed by atoms with Crippen molar-refractivity contribution in [3.63, 3.8) is 0 Å². The van der Waals surface area contributed by atoms with Crippen LogP contribution in [0.25, 0.3) is 11.1 Å². The lowest BCUT2D eigenvalue weighted by Crippen LogP contribution is -2.42. The Morgan fingerprint density at radius 3 is 2.26 bits per heavy atom. The topological polar surface area (TPSA) is 110 Å². The first-order chi connectivity index (χ1) is 17.0. The van der Waals surface area contributed by atoms with Crippen LogP contribution in [0, 0.1) is 0 Å². The van der Waals surface area contributed by atoms with Gasteiger partial charge in [-0.3, -0.25) is 19.1 Å². The molecule has 0 atom stereocenters. The highest BCUT2D eigenvalue weighted by molar-refractivity contribution is 5.96. The maximum atomic E-state index is 13.2. The average molecular weight is 471 g/mol. The molecule has 0 aliphatic rings. The summed E-state index contributed by atoms with van der Waals surface area (Å²) in [6, 6.07) is 26.3. The Labute approximate surface area is 202 Å². The molecule has 0 bridgehead atoms. The quantitative estimate of drug-likeness (QED) is 0.411. The molecule has 0 aliphatic heterocycles. The molecule has 35 heavy (non-hydrogen) atoms. The van der Waals surface area contributed by atoms with Gasteiger partial charge in [0.2, 0.25) is 0 Å². The molecule has 4 rings (SSSR count). The molecule has 0 unspecified atom stereocenters. The lowest BCUT2D eigenvalue weighted by molar-refractivity contribution is -0.120. The Morgan fingerprint density at radius 2 is 1.57 bits per heavy atom. The summed E-state index contributed by atoms with van der Waals surface area (Å²) in [6.07, 6.45) is 0. The van der Waals surface area contributed by atoms with Crippen LogP contribution in [0.2, 0.25) is 0 Å². The van der Waals surface area contributed by atoms with Crippen LogP contribution < -0.4 is 26.6 Å². The van der Waals surface area contributed by atoms with Crippen LogP contribution in [0.4, 0.5) is 11.5 Å². The normalized spacial score (nSPS) is 10.7. The molecular weight excluding hydrogens is 444 g/mol. The Bertz CT molecular complexity index is 1430. The molecule has 0 aliphatic carbocycles. The van der Waals surface area contributed by atoms with E-state index in [0.717, 1.165) is 16.7 Å². The first-order valence-electron chi connectivity index (χ1n) is 11.2. The number of nitrogens with zero attached hydrogens (tertiary/aromatic N) is 2.